The van der Waals surface area contributed by atoms with E-state index in [-0.39, 0.29) is 24.0 Å². The maximum Gasteiger partial charge on any atom is 0.295 e. The molecule has 3 aromatic rings. The van der Waals surface area contributed by atoms with Gasteiger partial charge in [0.15, 0.2) is 0 Å². The molecule has 1 saturated heterocycles. The molecule has 1 atom stereocenters. The summed E-state index contributed by atoms with van der Waals surface area (Å²) in [6.07, 6.45) is -0.0621. The van der Waals surface area contributed by atoms with Gasteiger partial charge in [0.05, 0.1) is 31.4 Å². The van der Waals surface area contributed by atoms with Crippen LogP contribution in [-0.2, 0) is 16.1 Å². The summed E-state index contributed by atoms with van der Waals surface area (Å²) in [6.45, 7) is 3.92. The van der Waals surface area contributed by atoms with Crippen LogP contribution in [0.25, 0.3) is 5.76 Å². The van der Waals surface area contributed by atoms with Crippen LogP contribution < -0.4 is 9.47 Å². The number of rotatable bonds is 7. The molecule has 1 unspecified atom stereocenters. The molecule has 0 aromatic heterocycles. The lowest BCUT2D eigenvalue weighted by molar-refractivity contribution is -0.140. The molecule has 0 radical (unpaired) electrons. The van der Waals surface area contributed by atoms with E-state index in [1.165, 1.54) is 4.90 Å². The largest absolute Gasteiger partial charge is 0.507 e. The third-order valence-electron chi connectivity index (χ3n) is 5.74. The molecule has 3 aromatic carbocycles. The molecule has 1 aliphatic heterocycles. The van der Waals surface area contributed by atoms with E-state index in [9.17, 15) is 14.7 Å². The summed E-state index contributed by atoms with van der Waals surface area (Å²) in [5.74, 6) is -0.572. The maximum absolute atomic E-state index is 13.3. The van der Waals surface area contributed by atoms with E-state index in [1.807, 2.05) is 32.0 Å². The summed E-state index contributed by atoms with van der Waals surface area (Å²) in [5, 5.41) is 11.8. The van der Waals surface area contributed by atoms with Crippen molar-refractivity contribution in [1.82, 2.24) is 4.90 Å². The van der Waals surface area contributed by atoms with Crippen molar-refractivity contribution in [2.75, 3.05) is 7.11 Å². The first kappa shape index (κ1) is 24.4. The lowest BCUT2D eigenvalue weighted by Gasteiger charge is -2.26. The molecule has 180 valence electrons. The number of ketones is 1. The second-order valence-electron chi connectivity index (χ2n) is 8.48. The molecular weight excluding hydrogens is 466 g/mol. The second-order valence-corrected chi connectivity index (χ2v) is 8.92. The molecule has 0 saturated carbocycles. The Morgan fingerprint density at radius 2 is 1.74 bits per heavy atom. The fourth-order valence-corrected chi connectivity index (χ4v) is 4.32. The van der Waals surface area contributed by atoms with Crippen molar-refractivity contribution >= 4 is 29.1 Å². The zero-order valence-electron chi connectivity index (χ0n) is 19.7. The smallest absolute Gasteiger partial charge is 0.295 e. The number of carbonyl (C=O) groups excluding carboxylic acids is 2. The molecule has 7 heteroatoms. The number of carbonyl (C=O) groups is 2. The number of aliphatic hydroxyl groups excluding tert-OH is 1. The zero-order chi connectivity index (χ0) is 25.1. The van der Waals surface area contributed by atoms with Crippen molar-refractivity contribution in [3.8, 4) is 11.5 Å². The highest BCUT2D eigenvalue weighted by Gasteiger charge is 2.46. The van der Waals surface area contributed by atoms with Crippen LogP contribution in [-0.4, -0.2) is 34.9 Å². The molecule has 0 aliphatic carbocycles. The highest BCUT2D eigenvalue weighted by molar-refractivity contribution is 6.46. The van der Waals surface area contributed by atoms with Gasteiger partial charge in [-0.3, -0.25) is 9.59 Å². The predicted molar refractivity (Wildman–Crippen MR) is 134 cm³/mol. The van der Waals surface area contributed by atoms with Crippen LogP contribution in [0.15, 0.2) is 78.4 Å². The minimum atomic E-state index is -0.813. The van der Waals surface area contributed by atoms with Gasteiger partial charge in [-0.1, -0.05) is 54.1 Å². The van der Waals surface area contributed by atoms with Gasteiger partial charge in [0.2, 0.25) is 0 Å². The van der Waals surface area contributed by atoms with Gasteiger partial charge in [-0.2, -0.15) is 0 Å². The number of Topliss-reactive ketones (excluding diaryl/α,β-unsaturated/α-hetero) is 1. The van der Waals surface area contributed by atoms with Gasteiger partial charge in [-0.05, 0) is 49.7 Å². The third kappa shape index (κ3) is 5.03. The van der Waals surface area contributed by atoms with Gasteiger partial charge in [0, 0.05) is 16.1 Å². The normalized spacial score (nSPS) is 17.2. The highest BCUT2D eigenvalue weighted by Crippen LogP contribution is 2.41. The molecule has 35 heavy (non-hydrogen) atoms. The summed E-state index contributed by atoms with van der Waals surface area (Å²) in [7, 11) is 1.55. The lowest BCUT2D eigenvalue weighted by Crippen LogP contribution is -2.29. The van der Waals surface area contributed by atoms with E-state index >= 15 is 0 Å². The Morgan fingerprint density at radius 1 is 1.03 bits per heavy atom. The van der Waals surface area contributed by atoms with Crippen LogP contribution in [0, 0.1) is 0 Å². The Labute approximate surface area is 209 Å². The number of amides is 1. The Morgan fingerprint density at radius 3 is 2.43 bits per heavy atom. The first-order chi connectivity index (χ1) is 16.8. The van der Waals surface area contributed by atoms with E-state index in [2.05, 4.69) is 0 Å². The summed E-state index contributed by atoms with van der Waals surface area (Å²) in [4.78, 5) is 28.0. The topological polar surface area (TPSA) is 76.1 Å². The fourth-order valence-electron chi connectivity index (χ4n) is 4.20. The number of likely N-dealkylation sites (tertiary alicyclic amines) is 1. The first-order valence-corrected chi connectivity index (χ1v) is 11.6. The van der Waals surface area contributed by atoms with Crippen LogP contribution in [0.5, 0.6) is 11.5 Å². The van der Waals surface area contributed by atoms with Crippen molar-refractivity contribution in [2.24, 2.45) is 0 Å². The number of hydrogen-bond acceptors (Lipinski definition) is 5. The van der Waals surface area contributed by atoms with Gasteiger partial charge < -0.3 is 19.5 Å². The Balaban J connectivity index is 1.84. The number of ether oxygens (including phenoxy) is 2. The first-order valence-electron chi connectivity index (χ1n) is 11.2. The Kier molecular flexibility index (Phi) is 7.12. The molecule has 1 fully saturated rings. The van der Waals surface area contributed by atoms with Crippen molar-refractivity contribution in [3.63, 3.8) is 0 Å². The number of benzene rings is 3. The average Bonchev–Trinajstić information content (AvgIpc) is 3.09. The summed E-state index contributed by atoms with van der Waals surface area (Å²) in [5.41, 5.74) is 1.79. The van der Waals surface area contributed by atoms with E-state index in [4.69, 9.17) is 21.1 Å². The number of methoxy groups -OCH3 is 1. The van der Waals surface area contributed by atoms with Gasteiger partial charge in [0.1, 0.15) is 17.3 Å². The van der Waals surface area contributed by atoms with Crippen LogP contribution in [0.4, 0.5) is 0 Å². The fraction of sp³-hybridized carbons (Fsp3) is 0.214. The van der Waals surface area contributed by atoms with E-state index in [0.717, 1.165) is 5.56 Å². The summed E-state index contributed by atoms with van der Waals surface area (Å²) in [6, 6.07) is 20.2. The van der Waals surface area contributed by atoms with Crippen LogP contribution >= 0.6 is 11.6 Å². The minimum Gasteiger partial charge on any atom is -0.507 e. The molecule has 4 rings (SSSR count). The Hall–Kier alpha value is -3.77. The van der Waals surface area contributed by atoms with Crippen LogP contribution in [0.2, 0.25) is 5.02 Å². The van der Waals surface area contributed by atoms with E-state index in [0.29, 0.717) is 27.6 Å². The summed E-state index contributed by atoms with van der Waals surface area (Å²) < 4.78 is 11.2. The summed E-state index contributed by atoms with van der Waals surface area (Å²) >= 11 is 6.10. The minimum absolute atomic E-state index is 0.00826. The SMILES string of the molecule is COc1ccccc1CN1C(=O)C(=O)/C(=C(\O)c2cccc(OC(C)C)c2)C1c1ccc(Cl)cc1. The second kappa shape index (κ2) is 10.2. The number of halogens is 1. The van der Waals surface area contributed by atoms with Crippen molar-refractivity contribution < 1.29 is 24.2 Å². The van der Waals surface area contributed by atoms with Crippen LogP contribution in [0.1, 0.15) is 36.6 Å². The number of aliphatic hydroxyl groups is 1. The number of nitrogens with zero attached hydrogens (tertiary/aromatic N) is 1. The predicted octanol–water partition coefficient (Wildman–Crippen LogP) is 5.76. The number of para-hydroxylation sites is 1. The molecule has 0 spiro atoms. The monoisotopic (exact) mass is 491 g/mol. The average molecular weight is 492 g/mol. The number of hydrogen-bond donors (Lipinski definition) is 1. The van der Waals surface area contributed by atoms with Gasteiger partial charge >= 0.3 is 0 Å². The van der Waals surface area contributed by atoms with Gasteiger partial charge in [0.25, 0.3) is 11.7 Å². The molecule has 6 nitrogen and oxygen atoms in total. The van der Waals surface area contributed by atoms with Crippen molar-refractivity contribution in [2.45, 2.75) is 32.5 Å². The van der Waals surface area contributed by atoms with Crippen LogP contribution in [0.3, 0.4) is 0 Å². The Bertz CT molecular complexity index is 1280. The van der Waals surface area contributed by atoms with Gasteiger partial charge in [-0.15, -0.1) is 0 Å². The third-order valence-corrected chi connectivity index (χ3v) is 5.99. The van der Waals surface area contributed by atoms with E-state index < -0.39 is 17.7 Å². The quantitative estimate of drug-likeness (QED) is 0.258. The van der Waals surface area contributed by atoms with E-state index in [1.54, 1.807) is 61.7 Å². The molecule has 1 N–H and O–H groups in total. The molecule has 1 amide bonds. The molecule has 0 bridgehead atoms. The zero-order valence-corrected chi connectivity index (χ0v) is 20.5. The molecular formula is C28H26ClNO5. The molecule has 1 aliphatic rings. The van der Waals surface area contributed by atoms with Gasteiger partial charge in [-0.25, -0.2) is 0 Å². The van der Waals surface area contributed by atoms with Crippen molar-refractivity contribution in [3.05, 3.63) is 100 Å². The highest BCUT2D eigenvalue weighted by atomic mass is 35.5. The standard InChI is InChI=1S/C28H26ClNO5/c1-17(2)35-22-9-6-8-19(15-22)26(31)24-25(18-11-13-21(29)14-12-18)30(28(33)27(24)32)16-20-7-4-5-10-23(20)34-3/h4-15,17,25,31H,16H2,1-3H3/b26-24-. The van der Waals surface area contributed by atoms with Crippen molar-refractivity contribution in [1.29, 1.82) is 0 Å². The molecule has 1 heterocycles. The maximum atomic E-state index is 13.3. The lowest BCUT2D eigenvalue weighted by atomic mass is 9.95.